The average molecular weight is 259 g/mol. The third-order valence-corrected chi connectivity index (χ3v) is 4.30. The zero-order chi connectivity index (χ0) is 14.2. The van der Waals surface area contributed by atoms with Gasteiger partial charge in [-0.05, 0) is 44.2 Å². The normalized spacial score (nSPS) is 19.1. The first kappa shape index (κ1) is 14.1. The van der Waals surface area contributed by atoms with Crippen LogP contribution in [0.5, 0.6) is 0 Å². The van der Waals surface area contributed by atoms with Crippen molar-refractivity contribution in [3.63, 3.8) is 0 Å². The first-order valence-electron chi connectivity index (χ1n) is 7.26. The standard InChI is InChI=1S/C17H25NO/c1-12(2)14-9-6-8-13(3)16(14)18-11-7-10-15(19)17(18,4)5/h6,8-9,12H,7,10-11H2,1-5H3. The van der Waals surface area contributed by atoms with Crippen molar-refractivity contribution in [1.29, 1.82) is 0 Å². The number of benzene rings is 1. The van der Waals surface area contributed by atoms with Crippen LogP contribution < -0.4 is 4.90 Å². The van der Waals surface area contributed by atoms with Gasteiger partial charge in [-0.25, -0.2) is 0 Å². The summed E-state index contributed by atoms with van der Waals surface area (Å²) in [6.07, 6.45) is 1.68. The van der Waals surface area contributed by atoms with E-state index in [4.69, 9.17) is 0 Å². The lowest BCUT2D eigenvalue weighted by Gasteiger charge is -2.44. The third kappa shape index (κ3) is 2.41. The van der Waals surface area contributed by atoms with Gasteiger partial charge >= 0.3 is 0 Å². The van der Waals surface area contributed by atoms with E-state index in [9.17, 15) is 4.79 Å². The van der Waals surface area contributed by atoms with Crippen molar-refractivity contribution in [3.8, 4) is 0 Å². The number of para-hydroxylation sites is 1. The number of anilines is 1. The quantitative estimate of drug-likeness (QED) is 0.798. The second kappa shape index (κ2) is 4.99. The van der Waals surface area contributed by atoms with Gasteiger partial charge in [-0.15, -0.1) is 0 Å². The topological polar surface area (TPSA) is 20.3 Å². The summed E-state index contributed by atoms with van der Waals surface area (Å²) < 4.78 is 0. The molecule has 1 aliphatic rings. The van der Waals surface area contributed by atoms with Gasteiger partial charge in [0, 0.05) is 18.7 Å². The molecule has 0 bridgehead atoms. The van der Waals surface area contributed by atoms with Gasteiger partial charge in [0.25, 0.3) is 0 Å². The van der Waals surface area contributed by atoms with E-state index in [1.165, 1.54) is 16.8 Å². The summed E-state index contributed by atoms with van der Waals surface area (Å²) in [6, 6.07) is 6.46. The number of carbonyl (C=O) groups excluding carboxylic acids is 1. The zero-order valence-electron chi connectivity index (χ0n) is 12.8. The molecule has 0 atom stereocenters. The highest BCUT2D eigenvalue weighted by Crippen LogP contribution is 2.37. The van der Waals surface area contributed by atoms with Crippen molar-refractivity contribution in [2.45, 2.75) is 58.9 Å². The molecule has 1 fully saturated rings. The van der Waals surface area contributed by atoms with Crippen LogP contribution in [-0.2, 0) is 4.79 Å². The largest absolute Gasteiger partial charge is 0.359 e. The fourth-order valence-corrected chi connectivity index (χ4v) is 3.04. The summed E-state index contributed by atoms with van der Waals surface area (Å²) in [5.41, 5.74) is 3.51. The molecule has 104 valence electrons. The number of ketones is 1. The van der Waals surface area contributed by atoms with Crippen molar-refractivity contribution in [2.75, 3.05) is 11.4 Å². The van der Waals surface area contributed by atoms with E-state index in [1.807, 2.05) is 0 Å². The van der Waals surface area contributed by atoms with Gasteiger partial charge in [0.2, 0.25) is 0 Å². The minimum Gasteiger partial charge on any atom is -0.359 e. The predicted octanol–water partition coefficient (Wildman–Crippen LogP) is 4.07. The van der Waals surface area contributed by atoms with Gasteiger partial charge in [-0.2, -0.15) is 0 Å². The van der Waals surface area contributed by atoms with E-state index in [-0.39, 0.29) is 5.54 Å². The summed E-state index contributed by atoms with van der Waals surface area (Å²) in [5.74, 6) is 0.833. The van der Waals surface area contributed by atoms with Crippen LogP contribution in [0, 0.1) is 6.92 Å². The number of Topliss-reactive ketones (excluding diaryl/α,β-unsaturated/α-hetero) is 1. The van der Waals surface area contributed by atoms with E-state index >= 15 is 0 Å². The lowest BCUT2D eigenvalue weighted by Crippen LogP contribution is -2.54. The molecular formula is C17H25NO. The Hall–Kier alpha value is -1.31. The SMILES string of the molecule is Cc1cccc(C(C)C)c1N1CCCC(=O)C1(C)C. The van der Waals surface area contributed by atoms with E-state index in [2.05, 4.69) is 57.7 Å². The van der Waals surface area contributed by atoms with Crippen LogP contribution in [-0.4, -0.2) is 17.9 Å². The summed E-state index contributed by atoms with van der Waals surface area (Å²) >= 11 is 0. The lowest BCUT2D eigenvalue weighted by atomic mass is 9.86. The Morgan fingerprint density at radius 2 is 1.95 bits per heavy atom. The molecule has 0 spiro atoms. The molecule has 19 heavy (non-hydrogen) atoms. The summed E-state index contributed by atoms with van der Waals surface area (Å²) in [4.78, 5) is 14.6. The van der Waals surface area contributed by atoms with Crippen molar-refractivity contribution in [2.24, 2.45) is 0 Å². The number of hydrogen-bond acceptors (Lipinski definition) is 2. The van der Waals surface area contributed by atoms with Gasteiger partial charge in [-0.1, -0.05) is 32.0 Å². The fourth-order valence-electron chi connectivity index (χ4n) is 3.04. The second-order valence-corrected chi connectivity index (χ2v) is 6.40. The van der Waals surface area contributed by atoms with Gasteiger partial charge < -0.3 is 4.90 Å². The molecule has 1 saturated heterocycles. The minimum atomic E-state index is -0.381. The Morgan fingerprint density at radius 3 is 2.58 bits per heavy atom. The van der Waals surface area contributed by atoms with Crippen molar-refractivity contribution in [1.82, 2.24) is 0 Å². The Morgan fingerprint density at radius 1 is 1.26 bits per heavy atom. The first-order valence-corrected chi connectivity index (χ1v) is 7.26. The van der Waals surface area contributed by atoms with Crippen molar-refractivity contribution in [3.05, 3.63) is 29.3 Å². The monoisotopic (exact) mass is 259 g/mol. The van der Waals surface area contributed by atoms with Crippen LogP contribution in [0.1, 0.15) is 57.6 Å². The molecule has 0 amide bonds. The molecule has 0 aliphatic carbocycles. The molecule has 0 radical (unpaired) electrons. The van der Waals surface area contributed by atoms with Gasteiger partial charge in [0.05, 0.1) is 5.54 Å². The summed E-state index contributed by atoms with van der Waals surface area (Å²) in [5, 5.41) is 0. The van der Waals surface area contributed by atoms with Crippen LogP contribution in [0.25, 0.3) is 0 Å². The summed E-state index contributed by atoms with van der Waals surface area (Å²) in [7, 11) is 0. The Labute approximate surface area is 116 Å². The maximum atomic E-state index is 12.3. The van der Waals surface area contributed by atoms with E-state index in [1.54, 1.807) is 0 Å². The average Bonchev–Trinajstić information content (AvgIpc) is 2.33. The molecule has 1 aromatic carbocycles. The molecule has 2 rings (SSSR count). The number of rotatable bonds is 2. The van der Waals surface area contributed by atoms with Crippen LogP contribution in [0.15, 0.2) is 18.2 Å². The molecule has 2 heteroatoms. The highest BCUT2D eigenvalue weighted by atomic mass is 16.1. The highest BCUT2D eigenvalue weighted by molar-refractivity contribution is 5.92. The molecule has 0 unspecified atom stereocenters. The molecule has 0 N–H and O–H groups in total. The number of aryl methyl sites for hydroxylation is 1. The summed E-state index contributed by atoms with van der Waals surface area (Å²) in [6.45, 7) is 11.7. The Balaban J connectivity index is 2.54. The zero-order valence-corrected chi connectivity index (χ0v) is 12.8. The van der Waals surface area contributed by atoms with E-state index in [0.29, 0.717) is 18.1 Å². The maximum absolute atomic E-state index is 12.3. The van der Waals surface area contributed by atoms with Crippen molar-refractivity contribution >= 4 is 11.5 Å². The van der Waals surface area contributed by atoms with Gasteiger partial charge in [-0.3, -0.25) is 4.79 Å². The van der Waals surface area contributed by atoms with Crippen LogP contribution in [0.3, 0.4) is 0 Å². The Bertz CT molecular complexity index is 488. The molecular weight excluding hydrogens is 234 g/mol. The second-order valence-electron chi connectivity index (χ2n) is 6.40. The molecule has 1 aromatic rings. The third-order valence-electron chi connectivity index (χ3n) is 4.30. The fraction of sp³-hybridized carbons (Fsp3) is 0.588. The van der Waals surface area contributed by atoms with Gasteiger partial charge in [0.15, 0.2) is 5.78 Å². The van der Waals surface area contributed by atoms with Crippen molar-refractivity contribution < 1.29 is 4.79 Å². The predicted molar refractivity (Wildman–Crippen MR) is 80.9 cm³/mol. The lowest BCUT2D eigenvalue weighted by molar-refractivity contribution is -0.124. The van der Waals surface area contributed by atoms with Crippen LogP contribution >= 0.6 is 0 Å². The molecule has 0 aromatic heterocycles. The van der Waals surface area contributed by atoms with Crippen LogP contribution in [0.2, 0.25) is 0 Å². The van der Waals surface area contributed by atoms with Gasteiger partial charge in [0.1, 0.15) is 0 Å². The maximum Gasteiger partial charge on any atom is 0.157 e. The van der Waals surface area contributed by atoms with E-state index < -0.39 is 0 Å². The molecule has 2 nitrogen and oxygen atoms in total. The smallest absolute Gasteiger partial charge is 0.157 e. The Kier molecular flexibility index (Phi) is 3.71. The molecule has 1 heterocycles. The number of nitrogens with zero attached hydrogens (tertiary/aromatic N) is 1. The van der Waals surface area contributed by atoms with Crippen LogP contribution in [0.4, 0.5) is 5.69 Å². The number of piperidine rings is 1. The van der Waals surface area contributed by atoms with E-state index in [0.717, 1.165) is 13.0 Å². The number of hydrogen-bond donors (Lipinski definition) is 0. The first-order chi connectivity index (χ1) is 8.85. The minimum absolute atomic E-state index is 0.358. The molecule has 1 aliphatic heterocycles. The number of carbonyl (C=O) groups is 1. The highest BCUT2D eigenvalue weighted by Gasteiger charge is 2.38. The molecule has 0 saturated carbocycles.